The first-order valence-electron chi connectivity index (χ1n) is 6.85. The van der Waals surface area contributed by atoms with Crippen molar-refractivity contribution >= 4 is 11.7 Å². The summed E-state index contributed by atoms with van der Waals surface area (Å²) in [5.74, 6) is -0.118. The van der Waals surface area contributed by atoms with Crippen molar-refractivity contribution in [3.63, 3.8) is 0 Å². The topological polar surface area (TPSA) is 61.6 Å². The van der Waals surface area contributed by atoms with Gasteiger partial charge in [0.1, 0.15) is 6.61 Å². The van der Waals surface area contributed by atoms with Gasteiger partial charge in [-0.15, -0.1) is 0 Å². The number of nitrogens with two attached hydrogens (primary N) is 1. The van der Waals surface area contributed by atoms with Crippen molar-refractivity contribution in [2.75, 3.05) is 18.9 Å². The quantitative estimate of drug-likeness (QED) is 0.665. The molecule has 102 valence electrons. The lowest BCUT2D eigenvalue weighted by molar-refractivity contribution is -0.150. The van der Waals surface area contributed by atoms with Crippen LogP contribution in [0.3, 0.4) is 0 Å². The van der Waals surface area contributed by atoms with Gasteiger partial charge in [-0.3, -0.25) is 4.79 Å². The summed E-state index contributed by atoms with van der Waals surface area (Å²) in [7, 11) is 0. The molecule has 0 spiro atoms. The van der Waals surface area contributed by atoms with E-state index < -0.39 is 5.41 Å². The van der Waals surface area contributed by atoms with Gasteiger partial charge >= 0.3 is 5.97 Å². The largest absolute Gasteiger partial charge is 0.462 e. The summed E-state index contributed by atoms with van der Waals surface area (Å²) in [4.78, 5) is 12.3. The average Bonchev–Trinajstić information content (AvgIpc) is 3.07. The number of esters is 1. The maximum Gasteiger partial charge on any atom is 0.316 e. The van der Waals surface area contributed by atoms with Crippen molar-refractivity contribution in [1.82, 2.24) is 0 Å². The van der Waals surface area contributed by atoms with E-state index in [0.29, 0.717) is 12.3 Å². The molecule has 1 aliphatic heterocycles. The van der Waals surface area contributed by atoms with E-state index in [0.717, 1.165) is 37.9 Å². The Morgan fingerprint density at radius 2 is 2.11 bits per heavy atom. The van der Waals surface area contributed by atoms with Crippen molar-refractivity contribution in [2.45, 2.75) is 37.2 Å². The number of anilines is 1. The Labute approximate surface area is 112 Å². The average molecular weight is 261 g/mol. The van der Waals surface area contributed by atoms with Crippen LogP contribution in [0.2, 0.25) is 0 Å². The van der Waals surface area contributed by atoms with Crippen molar-refractivity contribution in [1.29, 1.82) is 0 Å². The second-order valence-corrected chi connectivity index (χ2v) is 5.44. The van der Waals surface area contributed by atoms with Crippen molar-refractivity contribution in [2.24, 2.45) is 0 Å². The van der Waals surface area contributed by atoms with Gasteiger partial charge in [-0.05, 0) is 43.4 Å². The number of benzene rings is 1. The highest BCUT2D eigenvalue weighted by Gasteiger charge is 2.52. The number of nitrogen functional groups attached to an aromatic ring is 1. The Bertz CT molecular complexity index is 459. The molecule has 1 saturated heterocycles. The van der Waals surface area contributed by atoms with E-state index in [-0.39, 0.29) is 12.1 Å². The first kappa shape index (κ1) is 12.5. The molecule has 4 heteroatoms. The highest BCUT2D eigenvalue weighted by molar-refractivity contribution is 5.86. The van der Waals surface area contributed by atoms with Crippen LogP contribution in [0.15, 0.2) is 24.3 Å². The van der Waals surface area contributed by atoms with Crippen molar-refractivity contribution in [3.8, 4) is 0 Å². The van der Waals surface area contributed by atoms with E-state index in [4.69, 9.17) is 15.2 Å². The number of rotatable bonds is 4. The predicted octanol–water partition coefficient (Wildman–Crippen LogP) is 2.02. The lowest BCUT2D eigenvalue weighted by atomic mass is 9.96. The van der Waals surface area contributed by atoms with Crippen LogP contribution in [0.5, 0.6) is 0 Å². The molecular weight excluding hydrogens is 242 g/mol. The minimum atomic E-state index is -0.424. The maximum absolute atomic E-state index is 12.3. The number of hydrogen-bond acceptors (Lipinski definition) is 4. The highest BCUT2D eigenvalue weighted by atomic mass is 16.6. The van der Waals surface area contributed by atoms with Gasteiger partial charge in [0.15, 0.2) is 0 Å². The molecule has 1 aromatic carbocycles. The van der Waals surface area contributed by atoms with Crippen LogP contribution in [-0.4, -0.2) is 25.3 Å². The molecule has 1 aromatic rings. The Balaban J connectivity index is 1.63. The molecule has 0 bridgehead atoms. The normalized spacial score (nSPS) is 24.1. The summed E-state index contributed by atoms with van der Waals surface area (Å²) >= 11 is 0. The van der Waals surface area contributed by atoms with Gasteiger partial charge in [-0.1, -0.05) is 12.1 Å². The molecule has 19 heavy (non-hydrogen) atoms. The third-order valence-electron chi connectivity index (χ3n) is 4.03. The zero-order valence-electron chi connectivity index (χ0n) is 10.9. The molecule has 1 aliphatic carbocycles. The number of carbonyl (C=O) groups excluding carboxylic acids is 1. The molecule has 4 nitrogen and oxygen atoms in total. The van der Waals surface area contributed by atoms with Crippen molar-refractivity contribution in [3.05, 3.63) is 29.8 Å². The van der Waals surface area contributed by atoms with Crippen LogP contribution in [-0.2, 0) is 19.7 Å². The van der Waals surface area contributed by atoms with Crippen LogP contribution in [0.4, 0.5) is 5.69 Å². The standard InChI is InChI=1S/C15H19NO3/c16-12-5-3-11(4-6-12)15(7-8-15)14(17)19-10-13-2-1-9-18-13/h3-6,13H,1-2,7-10,16H2. The van der Waals surface area contributed by atoms with Crippen LogP contribution in [0, 0.1) is 0 Å². The van der Waals surface area contributed by atoms with E-state index >= 15 is 0 Å². The Morgan fingerprint density at radius 3 is 2.68 bits per heavy atom. The molecule has 2 fully saturated rings. The molecule has 0 amide bonds. The molecule has 1 heterocycles. The maximum atomic E-state index is 12.3. The zero-order chi connectivity index (χ0) is 13.3. The molecule has 0 radical (unpaired) electrons. The van der Waals surface area contributed by atoms with Crippen molar-refractivity contribution < 1.29 is 14.3 Å². The monoisotopic (exact) mass is 261 g/mol. The summed E-state index contributed by atoms with van der Waals surface area (Å²) in [6.07, 6.45) is 3.86. The Morgan fingerprint density at radius 1 is 1.37 bits per heavy atom. The first-order valence-corrected chi connectivity index (χ1v) is 6.85. The van der Waals surface area contributed by atoms with Crippen LogP contribution >= 0.6 is 0 Å². The van der Waals surface area contributed by atoms with Crippen LogP contribution < -0.4 is 5.73 Å². The highest BCUT2D eigenvalue weighted by Crippen LogP contribution is 2.49. The molecule has 3 rings (SSSR count). The first-order chi connectivity index (χ1) is 9.21. The fraction of sp³-hybridized carbons (Fsp3) is 0.533. The van der Waals surface area contributed by atoms with E-state index in [1.165, 1.54) is 0 Å². The smallest absolute Gasteiger partial charge is 0.316 e. The Kier molecular flexibility index (Phi) is 3.19. The van der Waals surface area contributed by atoms with Crippen LogP contribution in [0.1, 0.15) is 31.2 Å². The minimum Gasteiger partial charge on any atom is -0.462 e. The molecule has 1 saturated carbocycles. The van der Waals surface area contributed by atoms with Gasteiger partial charge in [-0.25, -0.2) is 0 Å². The molecule has 2 N–H and O–H groups in total. The molecule has 1 atom stereocenters. The predicted molar refractivity (Wildman–Crippen MR) is 71.7 cm³/mol. The number of ether oxygens (including phenoxy) is 2. The van der Waals surface area contributed by atoms with Gasteiger partial charge in [-0.2, -0.15) is 0 Å². The molecule has 2 aliphatic rings. The van der Waals surface area contributed by atoms with E-state index in [1.54, 1.807) is 0 Å². The SMILES string of the molecule is Nc1ccc(C2(C(=O)OCC3CCCO3)CC2)cc1. The van der Waals surface area contributed by atoms with Gasteiger partial charge in [0.2, 0.25) is 0 Å². The molecule has 1 unspecified atom stereocenters. The lowest BCUT2D eigenvalue weighted by Crippen LogP contribution is -2.27. The molecular formula is C15H19NO3. The minimum absolute atomic E-state index is 0.0890. The fourth-order valence-corrected chi connectivity index (χ4v) is 2.62. The summed E-state index contributed by atoms with van der Waals surface area (Å²) < 4.78 is 10.9. The summed E-state index contributed by atoms with van der Waals surface area (Å²) in [6, 6.07) is 7.52. The number of hydrogen-bond donors (Lipinski definition) is 1. The Hall–Kier alpha value is -1.55. The lowest BCUT2D eigenvalue weighted by Gasteiger charge is -2.17. The second-order valence-electron chi connectivity index (χ2n) is 5.44. The van der Waals surface area contributed by atoms with Gasteiger partial charge in [0.25, 0.3) is 0 Å². The van der Waals surface area contributed by atoms with E-state index in [1.807, 2.05) is 24.3 Å². The van der Waals surface area contributed by atoms with E-state index in [2.05, 4.69) is 0 Å². The van der Waals surface area contributed by atoms with Gasteiger partial charge in [0, 0.05) is 12.3 Å². The summed E-state index contributed by atoms with van der Waals surface area (Å²) in [5, 5.41) is 0. The molecule has 0 aromatic heterocycles. The van der Waals surface area contributed by atoms with Crippen LogP contribution in [0.25, 0.3) is 0 Å². The third-order valence-corrected chi connectivity index (χ3v) is 4.03. The van der Waals surface area contributed by atoms with E-state index in [9.17, 15) is 4.79 Å². The number of carbonyl (C=O) groups is 1. The second kappa shape index (κ2) is 4.85. The van der Waals surface area contributed by atoms with Gasteiger partial charge < -0.3 is 15.2 Å². The summed E-state index contributed by atoms with van der Waals surface area (Å²) in [6.45, 7) is 1.17. The third kappa shape index (κ3) is 2.45. The summed E-state index contributed by atoms with van der Waals surface area (Å²) in [5.41, 5.74) is 6.98. The fourth-order valence-electron chi connectivity index (χ4n) is 2.62. The van der Waals surface area contributed by atoms with Gasteiger partial charge in [0.05, 0.1) is 11.5 Å². The zero-order valence-corrected chi connectivity index (χ0v) is 10.9.